The number of carbonyl (C=O) groups is 2. The molecule has 6 heteroatoms. The number of carbonyl (C=O) groups excluding carboxylic acids is 2. The number of benzene rings is 1. The zero-order valence-corrected chi connectivity index (χ0v) is 14.3. The topological polar surface area (TPSA) is 63.0 Å². The fraction of sp³-hybridized carbons (Fsp3) is 0.368. The van der Waals surface area contributed by atoms with Gasteiger partial charge in [-0.3, -0.25) is 9.59 Å². The van der Waals surface area contributed by atoms with Crippen molar-refractivity contribution in [3.8, 4) is 0 Å². The Morgan fingerprint density at radius 3 is 2.72 bits per heavy atom. The lowest BCUT2D eigenvalue weighted by Gasteiger charge is -2.37. The summed E-state index contributed by atoms with van der Waals surface area (Å²) < 4.78 is 10.7. The summed E-state index contributed by atoms with van der Waals surface area (Å²) >= 11 is 0. The van der Waals surface area contributed by atoms with Gasteiger partial charge in [0.2, 0.25) is 11.8 Å². The fourth-order valence-electron chi connectivity index (χ4n) is 2.93. The van der Waals surface area contributed by atoms with Crippen molar-refractivity contribution in [2.45, 2.75) is 26.1 Å². The molecular weight excluding hydrogens is 320 g/mol. The number of likely N-dealkylation sites (N-methyl/N-ethyl adjacent to an activating group) is 1. The summed E-state index contributed by atoms with van der Waals surface area (Å²) in [7, 11) is 0. The molecule has 0 radical (unpaired) electrons. The minimum atomic E-state index is -0.614. The number of ether oxygens (including phenoxy) is 1. The first-order valence-electron chi connectivity index (χ1n) is 8.41. The SMILES string of the molecule is CCN(Cc1ccco1)C(=O)[C@H]1COCC(=O)N1Cc1ccccc1. The molecule has 1 aromatic heterocycles. The zero-order valence-electron chi connectivity index (χ0n) is 14.3. The molecule has 2 heterocycles. The molecule has 132 valence electrons. The lowest BCUT2D eigenvalue weighted by Crippen LogP contribution is -2.56. The summed E-state index contributed by atoms with van der Waals surface area (Å²) in [5.41, 5.74) is 0.990. The summed E-state index contributed by atoms with van der Waals surface area (Å²) in [5.74, 6) is 0.429. The van der Waals surface area contributed by atoms with Crippen molar-refractivity contribution in [2.75, 3.05) is 19.8 Å². The van der Waals surface area contributed by atoms with E-state index < -0.39 is 6.04 Å². The van der Waals surface area contributed by atoms with Crippen LogP contribution in [0.4, 0.5) is 0 Å². The van der Waals surface area contributed by atoms with Crippen LogP contribution in [0.2, 0.25) is 0 Å². The Morgan fingerprint density at radius 1 is 1.24 bits per heavy atom. The maximum atomic E-state index is 13.0. The number of hydrogen-bond acceptors (Lipinski definition) is 4. The van der Waals surface area contributed by atoms with Gasteiger partial charge in [-0.25, -0.2) is 0 Å². The van der Waals surface area contributed by atoms with Gasteiger partial charge in [0.15, 0.2) is 0 Å². The molecule has 1 saturated heterocycles. The predicted molar refractivity (Wildman–Crippen MR) is 91.4 cm³/mol. The third-order valence-corrected chi connectivity index (χ3v) is 4.30. The maximum Gasteiger partial charge on any atom is 0.249 e. The van der Waals surface area contributed by atoms with Gasteiger partial charge in [-0.15, -0.1) is 0 Å². The minimum absolute atomic E-state index is 0.0148. The van der Waals surface area contributed by atoms with E-state index >= 15 is 0 Å². The molecule has 0 bridgehead atoms. The van der Waals surface area contributed by atoms with Crippen LogP contribution in [0.1, 0.15) is 18.2 Å². The number of hydrogen-bond donors (Lipinski definition) is 0. The van der Waals surface area contributed by atoms with Crippen LogP contribution in [0.5, 0.6) is 0 Å². The third-order valence-electron chi connectivity index (χ3n) is 4.30. The summed E-state index contributed by atoms with van der Waals surface area (Å²) in [4.78, 5) is 28.7. The molecule has 1 aromatic carbocycles. The number of nitrogens with zero attached hydrogens (tertiary/aromatic N) is 2. The minimum Gasteiger partial charge on any atom is -0.467 e. The van der Waals surface area contributed by atoms with E-state index in [9.17, 15) is 9.59 Å². The molecule has 25 heavy (non-hydrogen) atoms. The second kappa shape index (κ2) is 7.98. The first kappa shape index (κ1) is 17.2. The molecular formula is C19H22N2O4. The van der Waals surface area contributed by atoms with Crippen LogP contribution < -0.4 is 0 Å². The second-order valence-electron chi connectivity index (χ2n) is 5.97. The standard InChI is InChI=1S/C19H22N2O4/c1-2-20(12-16-9-6-10-25-16)19(23)17-13-24-14-18(22)21(17)11-15-7-4-3-5-8-15/h3-10,17H,2,11-14H2,1H3/t17-/m1/s1. The van der Waals surface area contributed by atoms with Gasteiger partial charge in [0.1, 0.15) is 18.4 Å². The maximum absolute atomic E-state index is 13.0. The molecule has 2 aromatic rings. The van der Waals surface area contributed by atoms with Crippen molar-refractivity contribution >= 4 is 11.8 Å². The Bertz CT molecular complexity index is 699. The number of amides is 2. The van der Waals surface area contributed by atoms with E-state index in [2.05, 4.69) is 0 Å². The molecule has 1 fully saturated rings. The number of rotatable bonds is 6. The lowest BCUT2D eigenvalue weighted by molar-refractivity contribution is -0.160. The summed E-state index contributed by atoms with van der Waals surface area (Å²) in [5, 5.41) is 0. The van der Waals surface area contributed by atoms with Crippen LogP contribution in [-0.2, 0) is 27.4 Å². The van der Waals surface area contributed by atoms with E-state index in [0.717, 1.165) is 5.56 Å². The second-order valence-corrected chi connectivity index (χ2v) is 5.97. The lowest BCUT2D eigenvalue weighted by atomic mass is 10.1. The average Bonchev–Trinajstić information content (AvgIpc) is 3.15. The van der Waals surface area contributed by atoms with E-state index in [-0.39, 0.29) is 25.0 Å². The highest BCUT2D eigenvalue weighted by Crippen LogP contribution is 2.17. The molecule has 1 aliphatic rings. The third kappa shape index (κ3) is 4.09. The Balaban J connectivity index is 1.76. The van der Waals surface area contributed by atoms with Crippen molar-refractivity contribution in [2.24, 2.45) is 0 Å². The van der Waals surface area contributed by atoms with Gasteiger partial charge in [-0.05, 0) is 24.6 Å². The fourth-order valence-corrected chi connectivity index (χ4v) is 2.93. The molecule has 0 aliphatic carbocycles. The van der Waals surface area contributed by atoms with E-state index in [4.69, 9.17) is 9.15 Å². The molecule has 0 saturated carbocycles. The Labute approximate surface area is 147 Å². The molecule has 2 amide bonds. The average molecular weight is 342 g/mol. The van der Waals surface area contributed by atoms with Gasteiger partial charge in [-0.2, -0.15) is 0 Å². The Morgan fingerprint density at radius 2 is 2.04 bits per heavy atom. The van der Waals surface area contributed by atoms with Crippen LogP contribution in [0, 0.1) is 0 Å². The number of furan rings is 1. The molecule has 0 unspecified atom stereocenters. The zero-order chi connectivity index (χ0) is 17.6. The van der Waals surface area contributed by atoms with Crippen molar-refractivity contribution in [1.82, 2.24) is 9.80 Å². The molecule has 3 rings (SSSR count). The smallest absolute Gasteiger partial charge is 0.249 e. The highest BCUT2D eigenvalue weighted by Gasteiger charge is 2.36. The van der Waals surface area contributed by atoms with Gasteiger partial charge in [0.05, 0.1) is 19.4 Å². The van der Waals surface area contributed by atoms with E-state index in [0.29, 0.717) is 25.4 Å². The van der Waals surface area contributed by atoms with Crippen molar-refractivity contribution in [1.29, 1.82) is 0 Å². The van der Waals surface area contributed by atoms with Gasteiger partial charge in [0, 0.05) is 13.1 Å². The highest BCUT2D eigenvalue weighted by molar-refractivity contribution is 5.89. The van der Waals surface area contributed by atoms with E-state index in [1.807, 2.05) is 43.3 Å². The Hall–Kier alpha value is -2.60. The van der Waals surface area contributed by atoms with Gasteiger partial charge in [-0.1, -0.05) is 30.3 Å². The predicted octanol–water partition coefficient (Wildman–Crippen LogP) is 2.06. The highest BCUT2D eigenvalue weighted by atomic mass is 16.5. The molecule has 0 N–H and O–H groups in total. The summed E-state index contributed by atoms with van der Waals surface area (Å²) in [6, 6.07) is 12.7. The number of morpholine rings is 1. The van der Waals surface area contributed by atoms with Crippen LogP contribution in [0.25, 0.3) is 0 Å². The summed E-state index contributed by atoms with van der Waals surface area (Å²) in [6.45, 7) is 3.45. The van der Waals surface area contributed by atoms with Gasteiger partial charge < -0.3 is 19.0 Å². The molecule has 1 atom stereocenters. The van der Waals surface area contributed by atoms with E-state index in [1.54, 1.807) is 22.1 Å². The van der Waals surface area contributed by atoms with Crippen LogP contribution in [0.3, 0.4) is 0 Å². The molecule has 6 nitrogen and oxygen atoms in total. The molecule has 1 aliphatic heterocycles. The van der Waals surface area contributed by atoms with Crippen molar-refractivity contribution < 1.29 is 18.7 Å². The van der Waals surface area contributed by atoms with Crippen LogP contribution in [-0.4, -0.2) is 47.4 Å². The summed E-state index contributed by atoms with van der Waals surface area (Å²) in [6.07, 6.45) is 1.59. The quantitative estimate of drug-likeness (QED) is 0.806. The van der Waals surface area contributed by atoms with Crippen LogP contribution >= 0.6 is 0 Å². The van der Waals surface area contributed by atoms with Gasteiger partial charge >= 0.3 is 0 Å². The largest absolute Gasteiger partial charge is 0.467 e. The van der Waals surface area contributed by atoms with E-state index in [1.165, 1.54) is 0 Å². The van der Waals surface area contributed by atoms with Gasteiger partial charge in [0.25, 0.3) is 0 Å². The monoisotopic (exact) mass is 342 g/mol. The van der Waals surface area contributed by atoms with Crippen molar-refractivity contribution in [3.63, 3.8) is 0 Å². The Kier molecular flexibility index (Phi) is 5.50. The first-order chi connectivity index (χ1) is 12.2. The molecule has 0 spiro atoms. The van der Waals surface area contributed by atoms with Crippen LogP contribution in [0.15, 0.2) is 53.1 Å². The van der Waals surface area contributed by atoms with Crippen molar-refractivity contribution in [3.05, 3.63) is 60.1 Å². The normalized spacial score (nSPS) is 17.6. The first-order valence-corrected chi connectivity index (χ1v) is 8.41.